The number of anilines is 1. The Morgan fingerprint density at radius 3 is 2.67 bits per heavy atom. The Morgan fingerprint density at radius 1 is 1.07 bits per heavy atom. The number of nitrogens with one attached hydrogen (secondary N) is 3. The second kappa shape index (κ2) is 7.09. The molecule has 0 aliphatic carbocycles. The number of nitrogens with zero attached hydrogens (tertiary/aromatic N) is 1. The number of hydrogen-bond acceptors (Lipinski definition) is 6. The van der Waals surface area contributed by atoms with E-state index in [1.807, 2.05) is 54.6 Å². The minimum absolute atomic E-state index is 0.386. The largest absolute Gasteiger partial charge is 0.497 e. The summed E-state index contributed by atoms with van der Waals surface area (Å²) in [7, 11) is 1.65. The van der Waals surface area contributed by atoms with Crippen LogP contribution < -0.4 is 21.3 Å². The van der Waals surface area contributed by atoms with Gasteiger partial charge in [-0.05, 0) is 47.2 Å². The number of benzene rings is 3. The first kappa shape index (κ1) is 17.1. The normalized spacial score (nSPS) is 13.7. The van der Waals surface area contributed by atoms with E-state index < -0.39 is 0 Å². The van der Waals surface area contributed by atoms with Crippen LogP contribution in [-0.2, 0) is 0 Å². The Bertz CT molecular complexity index is 1060. The molecule has 4 rings (SSSR count). The topological polar surface area (TPSA) is 95.5 Å². The average Bonchev–Trinajstić information content (AvgIpc) is 2.73. The molecule has 0 aromatic heterocycles. The summed E-state index contributed by atoms with van der Waals surface area (Å²) in [6.07, 6.45) is 0. The first-order valence-corrected chi connectivity index (χ1v) is 8.76. The van der Waals surface area contributed by atoms with E-state index >= 15 is 0 Å². The Morgan fingerprint density at radius 2 is 1.89 bits per heavy atom. The van der Waals surface area contributed by atoms with E-state index in [1.54, 1.807) is 7.11 Å². The minimum Gasteiger partial charge on any atom is -0.497 e. The smallest absolute Gasteiger partial charge is 0.142 e. The lowest BCUT2D eigenvalue weighted by atomic mass is 9.96. The van der Waals surface area contributed by atoms with Gasteiger partial charge in [-0.2, -0.15) is 0 Å². The SMILES string of the molecule is COc1ccc2cc(C(=N)c3cc(C4=NCCNN4)ccc3N)ccc2c1. The van der Waals surface area contributed by atoms with Crippen LogP contribution in [0.4, 0.5) is 5.69 Å². The lowest BCUT2D eigenvalue weighted by molar-refractivity contribution is 0.415. The van der Waals surface area contributed by atoms with Crippen molar-refractivity contribution in [1.29, 1.82) is 5.41 Å². The molecule has 0 atom stereocenters. The third kappa shape index (κ3) is 3.35. The Labute approximate surface area is 157 Å². The van der Waals surface area contributed by atoms with Gasteiger partial charge in [-0.3, -0.25) is 10.4 Å². The van der Waals surface area contributed by atoms with Gasteiger partial charge in [-0.15, -0.1) is 0 Å². The molecule has 0 saturated carbocycles. The summed E-state index contributed by atoms with van der Waals surface area (Å²) in [5, 5.41) is 10.8. The van der Waals surface area contributed by atoms with Crippen molar-refractivity contribution < 1.29 is 4.74 Å². The van der Waals surface area contributed by atoms with Crippen LogP contribution in [0, 0.1) is 5.41 Å². The van der Waals surface area contributed by atoms with Crippen molar-refractivity contribution in [1.82, 2.24) is 10.9 Å². The zero-order valence-corrected chi connectivity index (χ0v) is 15.0. The molecule has 0 saturated heterocycles. The van der Waals surface area contributed by atoms with E-state index in [9.17, 15) is 0 Å². The highest BCUT2D eigenvalue weighted by atomic mass is 16.5. The van der Waals surface area contributed by atoms with Crippen molar-refractivity contribution in [2.45, 2.75) is 0 Å². The molecule has 6 nitrogen and oxygen atoms in total. The Kier molecular flexibility index (Phi) is 4.48. The van der Waals surface area contributed by atoms with Crippen molar-refractivity contribution >= 4 is 28.0 Å². The van der Waals surface area contributed by atoms with Crippen molar-refractivity contribution in [3.05, 3.63) is 71.3 Å². The number of rotatable bonds is 4. The van der Waals surface area contributed by atoms with Gasteiger partial charge in [0.25, 0.3) is 0 Å². The van der Waals surface area contributed by atoms with E-state index in [0.29, 0.717) is 23.5 Å². The molecule has 3 aromatic carbocycles. The molecule has 0 fully saturated rings. The fraction of sp³-hybridized carbons (Fsp3) is 0.143. The van der Waals surface area contributed by atoms with Gasteiger partial charge in [0.15, 0.2) is 0 Å². The number of nitrogen functional groups attached to an aromatic ring is 1. The van der Waals surface area contributed by atoms with Crippen LogP contribution in [0.1, 0.15) is 16.7 Å². The molecule has 0 radical (unpaired) electrons. The number of amidine groups is 1. The van der Waals surface area contributed by atoms with E-state index in [-0.39, 0.29) is 0 Å². The molecule has 0 unspecified atom stereocenters. The summed E-state index contributed by atoms with van der Waals surface area (Å²) in [5.41, 5.74) is 15.7. The van der Waals surface area contributed by atoms with Gasteiger partial charge in [-0.25, -0.2) is 5.43 Å². The van der Waals surface area contributed by atoms with Crippen LogP contribution >= 0.6 is 0 Å². The zero-order chi connectivity index (χ0) is 18.8. The second-order valence-electron chi connectivity index (χ2n) is 6.39. The third-order valence-electron chi connectivity index (χ3n) is 4.65. The van der Waals surface area contributed by atoms with Crippen LogP contribution in [0.3, 0.4) is 0 Å². The van der Waals surface area contributed by atoms with Gasteiger partial charge in [0.05, 0.1) is 19.4 Å². The molecule has 27 heavy (non-hydrogen) atoms. The molecule has 136 valence electrons. The first-order valence-electron chi connectivity index (χ1n) is 8.76. The monoisotopic (exact) mass is 359 g/mol. The lowest BCUT2D eigenvalue weighted by Crippen LogP contribution is -2.43. The van der Waals surface area contributed by atoms with Crippen LogP contribution in [-0.4, -0.2) is 31.7 Å². The molecule has 0 spiro atoms. The molecule has 0 bridgehead atoms. The standard InChI is InChI=1S/C21H21N5O/c1-27-17-6-4-13-10-15(3-2-14(13)11-17)20(23)18-12-16(5-7-19(18)22)21-24-8-9-25-26-21/h2-7,10-12,23,25H,8-9,22H2,1H3,(H,24,26). The van der Waals surface area contributed by atoms with Crippen LogP contribution in [0.15, 0.2) is 59.6 Å². The number of nitrogens with two attached hydrogens (primary N) is 1. The summed E-state index contributed by atoms with van der Waals surface area (Å²) in [6.45, 7) is 1.51. The van der Waals surface area contributed by atoms with Gasteiger partial charge in [-0.1, -0.05) is 18.2 Å². The van der Waals surface area contributed by atoms with Gasteiger partial charge in [0.1, 0.15) is 11.6 Å². The van der Waals surface area contributed by atoms with Gasteiger partial charge >= 0.3 is 0 Å². The van der Waals surface area contributed by atoms with Crippen molar-refractivity contribution in [3.63, 3.8) is 0 Å². The number of fused-ring (bicyclic) bond motifs is 1. The molecule has 1 aliphatic rings. The minimum atomic E-state index is 0.386. The molecule has 0 amide bonds. The first-order chi connectivity index (χ1) is 13.2. The van der Waals surface area contributed by atoms with E-state index in [4.69, 9.17) is 15.9 Å². The second-order valence-corrected chi connectivity index (χ2v) is 6.39. The highest BCUT2D eigenvalue weighted by molar-refractivity contribution is 6.16. The maximum absolute atomic E-state index is 8.70. The predicted molar refractivity (Wildman–Crippen MR) is 110 cm³/mol. The highest BCUT2D eigenvalue weighted by Crippen LogP contribution is 2.25. The summed E-state index contributed by atoms with van der Waals surface area (Å²) in [4.78, 5) is 4.48. The fourth-order valence-electron chi connectivity index (χ4n) is 3.15. The molecule has 1 aliphatic heterocycles. The van der Waals surface area contributed by atoms with Crippen LogP contribution in [0.2, 0.25) is 0 Å². The summed E-state index contributed by atoms with van der Waals surface area (Å²) in [6, 6.07) is 17.5. The summed E-state index contributed by atoms with van der Waals surface area (Å²) >= 11 is 0. The lowest BCUT2D eigenvalue weighted by Gasteiger charge is -2.17. The molecule has 3 aromatic rings. The molecular weight excluding hydrogens is 338 g/mol. The number of hydrogen-bond donors (Lipinski definition) is 4. The van der Waals surface area contributed by atoms with E-state index in [1.165, 1.54) is 0 Å². The predicted octanol–water partition coefficient (Wildman–Crippen LogP) is 2.70. The van der Waals surface area contributed by atoms with Crippen molar-refractivity contribution in [3.8, 4) is 5.75 Å². The van der Waals surface area contributed by atoms with Gasteiger partial charge < -0.3 is 15.9 Å². The Balaban J connectivity index is 1.71. The molecule has 5 N–H and O–H groups in total. The van der Waals surface area contributed by atoms with E-state index in [2.05, 4.69) is 15.8 Å². The number of hydrazine groups is 1. The van der Waals surface area contributed by atoms with Crippen LogP contribution in [0.25, 0.3) is 10.8 Å². The highest BCUT2D eigenvalue weighted by Gasteiger charge is 2.14. The molecule has 6 heteroatoms. The average molecular weight is 359 g/mol. The zero-order valence-electron chi connectivity index (χ0n) is 15.0. The molecular formula is C21H21N5O. The maximum Gasteiger partial charge on any atom is 0.142 e. The van der Waals surface area contributed by atoms with Crippen molar-refractivity contribution in [2.75, 3.05) is 25.9 Å². The van der Waals surface area contributed by atoms with Crippen molar-refractivity contribution in [2.24, 2.45) is 4.99 Å². The third-order valence-corrected chi connectivity index (χ3v) is 4.65. The summed E-state index contributed by atoms with van der Waals surface area (Å²) in [5.74, 6) is 1.58. The van der Waals surface area contributed by atoms with Gasteiger partial charge in [0.2, 0.25) is 0 Å². The quantitative estimate of drug-likeness (QED) is 0.425. The molecule has 1 heterocycles. The number of aliphatic imine (C=N–C) groups is 1. The van der Waals surface area contributed by atoms with Crippen LogP contribution in [0.5, 0.6) is 5.75 Å². The summed E-state index contributed by atoms with van der Waals surface area (Å²) < 4.78 is 5.27. The fourth-order valence-corrected chi connectivity index (χ4v) is 3.15. The Hall–Kier alpha value is -3.38. The van der Waals surface area contributed by atoms with E-state index in [0.717, 1.165) is 40.0 Å². The maximum atomic E-state index is 8.70. The number of ether oxygens (including phenoxy) is 1. The number of methoxy groups -OCH3 is 1. The van der Waals surface area contributed by atoms with Gasteiger partial charge in [0, 0.05) is 28.9 Å².